The Hall–Kier alpha value is -0.0400. The number of rotatable bonds is 6. The summed E-state index contributed by atoms with van der Waals surface area (Å²) in [7, 11) is 0. The molecule has 3 saturated carbocycles. The average molecular weight is 207 g/mol. The summed E-state index contributed by atoms with van der Waals surface area (Å²) < 4.78 is 0. The molecule has 0 unspecified atom stereocenters. The molecule has 0 heterocycles. The van der Waals surface area contributed by atoms with Crippen LogP contribution in [0.1, 0.15) is 57.8 Å². The van der Waals surface area contributed by atoms with E-state index in [4.69, 9.17) is 0 Å². The van der Waals surface area contributed by atoms with Crippen LogP contribution in [-0.4, -0.2) is 12.6 Å². The molecule has 3 rings (SSSR count). The van der Waals surface area contributed by atoms with Crippen molar-refractivity contribution in [3.8, 4) is 0 Å². The Bertz CT molecular complexity index is 187. The molecule has 86 valence electrons. The zero-order valence-corrected chi connectivity index (χ0v) is 9.88. The number of nitrogens with one attached hydrogen (secondary N) is 1. The fraction of sp³-hybridized carbons (Fsp3) is 1.00. The Balaban J connectivity index is 1.36. The lowest BCUT2D eigenvalue weighted by Gasteiger charge is -2.19. The van der Waals surface area contributed by atoms with Crippen LogP contribution < -0.4 is 5.32 Å². The minimum atomic E-state index is 0.923. The quantitative estimate of drug-likeness (QED) is 0.704. The van der Waals surface area contributed by atoms with E-state index in [1.165, 1.54) is 64.3 Å². The summed E-state index contributed by atoms with van der Waals surface area (Å²) in [6.45, 7) is 1.31. The first-order valence-electron chi connectivity index (χ1n) is 7.17. The Morgan fingerprint density at radius 3 is 2.00 bits per heavy atom. The van der Waals surface area contributed by atoms with Gasteiger partial charge >= 0.3 is 0 Å². The van der Waals surface area contributed by atoms with E-state index in [2.05, 4.69) is 5.32 Å². The van der Waals surface area contributed by atoms with Gasteiger partial charge in [0.05, 0.1) is 0 Å². The second-order valence-electron chi connectivity index (χ2n) is 6.09. The molecule has 1 heteroatoms. The predicted octanol–water partition coefficient (Wildman–Crippen LogP) is 3.34. The molecule has 0 aromatic heterocycles. The summed E-state index contributed by atoms with van der Waals surface area (Å²) in [4.78, 5) is 0. The monoisotopic (exact) mass is 207 g/mol. The SMILES string of the molecule is C1CCC(CCNC(C2CC2)C2CC2)C1. The van der Waals surface area contributed by atoms with Crippen molar-refractivity contribution in [1.82, 2.24) is 5.32 Å². The lowest BCUT2D eigenvalue weighted by molar-refractivity contribution is 0.386. The maximum atomic E-state index is 3.87. The molecule has 0 aliphatic heterocycles. The average Bonchev–Trinajstić information content (AvgIpc) is 3.15. The summed E-state index contributed by atoms with van der Waals surface area (Å²) in [5.74, 6) is 3.21. The van der Waals surface area contributed by atoms with Crippen molar-refractivity contribution in [3.63, 3.8) is 0 Å². The smallest absolute Gasteiger partial charge is 0.0124 e. The van der Waals surface area contributed by atoms with Crippen LogP contribution in [0.5, 0.6) is 0 Å². The second-order valence-corrected chi connectivity index (χ2v) is 6.09. The third-order valence-corrected chi connectivity index (χ3v) is 4.67. The van der Waals surface area contributed by atoms with Crippen LogP contribution in [0.15, 0.2) is 0 Å². The van der Waals surface area contributed by atoms with Crippen LogP contribution in [0.2, 0.25) is 0 Å². The number of hydrogen-bond acceptors (Lipinski definition) is 1. The highest BCUT2D eigenvalue weighted by Crippen LogP contribution is 2.44. The predicted molar refractivity (Wildman–Crippen MR) is 63.8 cm³/mol. The molecule has 0 aromatic rings. The first-order chi connectivity index (χ1) is 7.43. The largest absolute Gasteiger partial charge is 0.313 e. The van der Waals surface area contributed by atoms with Gasteiger partial charge in [0, 0.05) is 6.04 Å². The van der Waals surface area contributed by atoms with Gasteiger partial charge in [-0.2, -0.15) is 0 Å². The van der Waals surface area contributed by atoms with Crippen LogP contribution in [0, 0.1) is 17.8 Å². The van der Waals surface area contributed by atoms with Crippen molar-refractivity contribution in [3.05, 3.63) is 0 Å². The molecule has 15 heavy (non-hydrogen) atoms. The highest BCUT2D eigenvalue weighted by molar-refractivity contribution is 4.96. The summed E-state index contributed by atoms with van der Waals surface area (Å²) in [6, 6.07) is 0.923. The standard InChI is InChI=1S/C14H25N/c1-2-4-11(3-1)9-10-15-14(12-5-6-12)13-7-8-13/h11-15H,1-10H2. The van der Waals surface area contributed by atoms with E-state index in [9.17, 15) is 0 Å². The van der Waals surface area contributed by atoms with E-state index in [0.717, 1.165) is 23.8 Å². The lowest BCUT2D eigenvalue weighted by atomic mass is 10.0. The molecule has 3 aliphatic rings. The fourth-order valence-corrected chi connectivity index (χ4v) is 3.38. The third kappa shape index (κ3) is 2.75. The first kappa shape index (κ1) is 10.1. The summed E-state index contributed by atoms with van der Waals surface area (Å²) in [6.07, 6.45) is 13.5. The zero-order valence-electron chi connectivity index (χ0n) is 9.88. The zero-order chi connectivity index (χ0) is 10.1. The number of hydrogen-bond donors (Lipinski definition) is 1. The second kappa shape index (κ2) is 4.45. The van der Waals surface area contributed by atoms with Crippen LogP contribution in [0.3, 0.4) is 0 Å². The summed E-state index contributed by atoms with van der Waals surface area (Å²) >= 11 is 0. The van der Waals surface area contributed by atoms with Crippen LogP contribution in [0.4, 0.5) is 0 Å². The molecule has 0 atom stereocenters. The first-order valence-corrected chi connectivity index (χ1v) is 7.17. The van der Waals surface area contributed by atoms with E-state index >= 15 is 0 Å². The molecule has 0 radical (unpaired) electrons. The molecule has 1 N–H and O–H groups in total. The molecule has 3 fully saturated rings. The molecular formula is C14H25N. The van der Waals surface area contributed by atoms with Gasteiger partial charge in [0.2, 0.25) is 0 Å². The molecular weight excluding hydrogens is 182 g/mol. The molecule has 3 aliphatic carbocycles. The minimum absolute atomic E-state index is 0.923. The molecule has 0 amide bonds. The van der Waals surface area contributed by atoms with Gasteiger partial charge in [-0.05, 0) is 56.4 Å². The van der Waals surface area contributed by atoms with Gasteiger partial charge in [0.1, 0.15) is 0 Å². The van der Waals surface area contributed by atoms with E-state index in [1.54, 1.807) is 0 Å². The Morgan fingerprint density at radius 2 is 1.47 bits per heavy atom. The fourth-order valence-electron chi connectivity index (χ4n) is 3.38. The topological polar surface area (TPSA) is 12.0 Å². The molecule has 0 aromatic carbocycles. The van der Waals surface area contributed by atoms with Gasteiger partial charge < -0.3 is 5.32 Å². The minimum Gasteiger partial charge on any atom is -0.313 e. The maximum absolute atomic E-state index is 3.87. The summed E-state index contributed by atoms with van der Waals surface area (Å²) in [5.41, 5.74) is 0. The van der Waals surface area contributed by atoms with Gasteiger partial charge in [-0.15, -0.1) is 0 Å². The van der Waals surface area contributed by atoms with Gasteiger partial charge in [-0.25, -0.2) is 0 Å². The molecule has 0 spiro atoms. The van der Waals surface area contributed by atoms with Gasteiger partial charge in [-0.3, -0.25) is 0 Å². The van der Waals surface area contributed by atoms with Crippen molar-refractivity contribution < 1.29 is 0 Å². The van der Waals surface area contributed by atoms with E-state index < -0.39 is 0 Å². The van der Waals surface area contributed by atoms with Crippen molar-refractivity contribution in [1.29, 1.82) is 0 Å². The van der Waals surface area contributed by atoms with E-state index in [-0.39, 0.29) is 0 Å². The van der Waals surface area contributed by atoms with Crippen molar-refractivity contribution in [2.75, 3.05) is 6.54 Å². The van der Waals surface area contributed by atoms with Crippen LogP contribution in [0.25, 0.3) is 0 Å². The van der Waals surface area contributed by atoms with Gasteiger partial charge in [0.25, 0.3) is 0 Å². The van der Waals surface area contributed by atoms with Crippen molar-refractivity contribution in [2.45, 2.75) is 63.8 Å². The van der Waals surface area contributed by atoms with Crippen LogP contribution >= 0.6 is 0 Å². The molecule has 1 nitrogen and oxygen atoms in total. The lowest BCUT2D eigenvalue weighted by Crippen LogP contribution is -2.34. The molecule has 0 saturated heterocycles. The maximum Gasteiger partial charge on any atom is 0.0124 e. The van der Waals surface area contributed by atoms with Crippen molar-refractivity contribution >= 4 is 0 Å². The van der Waals surface area contributed by atoms with E-state index in [1.807, 2.05) is 0 Å². The van der Waals surface area contributed by atoms with Crippen LogP contribution in [-0.2, 0) is 0 Å². The van der Waals surface area contributed by atoms with E-state index in [0.29, 0.717) is 0 Å². The highest BCUT2D eigenvalue weighted by Gasteiger charge is 2.40. The molecule has 0 bridgehead atoms. The van der Waals surface area contributed by atoms with Crippen molar-refractivity contribution in [2.24, 2.45) is 17.8 Å². The summed E-state index contributed by atoms with van der Waals surface area (Å²) in [5, 5.41) is 3.87. The van der Waals surface area contributed by atoms with Gasteiger partial charge in [-0.1, -0.05) is 25.7 Å². The Labute approximate surface area is 94.0 Å². The Morgan fingerprint density at radius 1 is 0.867 bits per heavy atom. The highest BCUT2D eigenvalue weighted by atomic mass is 14.9. The third-order valence-electron chi connectivity index (χ3n) is 4.67. The normalized spacial score (nSPS) is 27.8. The van der Waals surface area contributed by atoms with Gasteiger partial charge in [0.15, 0.2) is 0 Å². The Kier molecular flexibility index (Phi) is 3.01.